The minimum atomic E-state index is 0. The second-order valence-electron chi connectivity index (χ2n) is 3.84. The molecule has 0 aromatic heterocycles. The summed E-state index contributed by atoms with van der Waals surface area (Å²) in [4.78, 5) is 13.5. The van der Waals surface area contributed by atoms with Crippen molar-refractivity contribution in [3.63, 3.8) is 0 Å². The highest BCUT2D eigenvalue weighted by atomic mass is 35.5. The molecule has 2 rings (SSSR count). The highest BCUT2D eigenvalue weighted by Crippen LogP contribution is 2.21. The van der Waals surface area contributed by atoms with E-state index in [1.54, 1.807) is 0 Å². The smallest absolute Gasteiger partial charge is 0.226 e. The lowest BCUT2D eigenvalue weighted by Crippen LogP contribution is -2.35. The molecule has 0 saturated carbocycles. The number of rotatable bonds is 1. The molecular formula is C12H18ClNO2. The van der Waals surface area contributed by atoms with Gasteiger partial charge >= 0.3 is 0 Å². The van der Waals surface area contributed by atoms with Gasteiger partial charge in [-0.15, -0.1) is 12.4 Å². The van der Waals surface area contributed by atoms with Gasteiger partial charge in [-0.05, 0) is 37.5 Å². The predicted molar refractivity (Wildman–Crippen MR) is 68.2 cm³/mol. The Bertz CT molecular complexity index is 355. The molecule has 0 atom stereocenters. The van der Waals surface area contributed by atoms with Crippen LogP contribution in [0.2, 0.25) is 0 Å². The summed E-state index contributed by atoms with van der Waals surface area (Å²) in [6.07, 6.45) is 2.87. The highest BCUT2D eigenvalue weighted by molar-refractivity contribution is 5.94. The summed E-state index contributed by atoms with van der Waals surface area (Å²) < 4.78 is 0. The predicted octanol–water partition coefficient (Wildman–Crippen LogP) is 2.11. The van der Waals surface area contributed by atoms with Gasteiger partial charge in [0.15, 0.2) is 0 Å². The van der Waals surface area contributed by atoms with Crippen LogP contribution >= 0.6 is 12.4 Å². The van der Waals surface area contributed by atoms with Gasteiger partial charge in [-0.2, -0.15) is 0 Å². The Kier molecular flexibility index (Phi) is 6.08. The summed E-state index contributed by atoms with van der Waals surface area (Å²) in [5.41, 5.74) is 2.26. The van der Waals surface area contributed by atoms with Gasteiger partial charge in [0.2, 0.25) is 5.91 Å². The summed E-state index contributed by atoms with van der Waals surface area (Å²) in [6, 6.07) is 8.14. The molecule has 0 aliphatic carbocycles. The third-order valence-corrected chi connectivity index (χ3v) is 2.64. The Morgan fingerprint density at radius 3 is 2.62 bits per heavy atom. The molecule has 1 aliphatic rings. The van der Waals surface area contributed by atoms with E-state index in [-0.39, 0.29) is 23.8 Å². The van der Waals surface area contributed by atoms with Crippen molar-refractivity contribution in [1.29, 1.82) is 0 Å². The number of halogens is 1. The Labute approximate surface area is 102 Å². The van der Waals surface area contributed by atoms with E-state index in [0.29, 0.717) is 6.42 Å². The molecule has 3 nitrogen and oxygen atoms in total. The Morgan fingerprint density at radius 1 is 1.25 bits per heavy atom. The summed E-state index contributed by atoms with van der Waals surface area (Å²) in [5.74, 6) is 0.266. The van der Waals surface area contributed by atoms with Gasteiger partial charge in [-0.3, -0.25) is 4.79 Å². The Hall–Kier alpha value is -1.06. The number of aryl methyl sites for hydroxylation is 1. The number of amides is 1. The van der Waals surface area contributed by atoms with Gasteiger partial charge in [-0.25, -0.2) is 0 Å². The highest BCUT2D eigenvalue weighted by Gasteiger charge is 2.18. The first kappa shape index (κ1) is 14.9. The SMILES string of the molecule is Cc1cccc(N2CCCCC2=O)c1.Cl.O. The molecular weight excluding hydrogens is 226 g/mol. The van der Waals surface area contributed by atoms with E-state index in [1.165, 1.54) is 5.56 Å². The molecule has 1 aromatic carbocycles. The number of anilines is 1. The monoisotopic (exact) mass is 243 g/mol. The van der Waals surface area contributed by atoms with Crippen molar-refractivity contribution in [2.75, 3.05) is 11.4 Å². The van der Waals surface area contributed by atoms with Gasteiger partial charge in [0.05, 0.1) is 0 Å². The van der Waals surface area contributed by atoms with Crippen LogP contribution in [0.3, 0.4) is 0 Å². The summed E-state index contributed by atoms with van der Waals surface area (Å²) in [5, 5.41) is 0. The first-order chi connectivity index (χ1) is 6.77. The lowest BCUT2D eigenvalue weighted by Gasteiger charge is -2.26. The second kappa shape index (κ2) is 6.51. The number of nitrogens with zero attached hydrogens (tertiary/aromatic N) is 1. The minimum absolute atomic E-state index is 0. The molecule has 1 aliphatic heterocycles. The Balaban J connectivity index is 0.00000112. The third-order valence-electron chi connectivity index (χ3n) is 2.64. The van der Waals surface area contributed by atoms with Crippen molar-refractivity contribution >= 4 is 24.0 Å². The lowest BCUT2D eigenvalue weighted by atomic mass is 10.1. The van der Waals surface area contributed by atoms with Crippen LogP contribution < -0.4 is 4.90 Å². The van der Waals surface area contributed by atoms with Crippen LogP contribution in [0, 0.1) is 6.92 Å². The fraction of sp³-hybridized carbons (Fsp3) is 0.417. The molecule has 1 aromatic rings. The number of piperidine rings is 1. The van der Waals surface area contributed by atoms with Crippen molar-refractivity contribution in [3.8, 4) is 0 Å². The van der Waals surface area contributed by atoms with Crippen molar-refractivity contribution in [2.45, 2.75) is 26.2 Å². The number of benzene rings is 1. The summed E-state index contributed by atoms with van der Waals surface area (Å²) >= 11 is 0. The zero-order valence-electron chi connectivity index (χ0n) is 9.40. The standard InChI is InChI=1S/C12H15NO.ClH.H2O/c1-10-5-4-6-11(9-10)13-8-3-2-7-12(13)14;;/h4-6,9H,2-3,7-8H2,1H3;1H;1H2. The van der Waals surface area contributed by atoms with Crippen molar-refractivity contribution in [2.24, 2.45) is 0 Å². The number of carbonyl (C=O) groups excluding carboxylic acids is 1. The van der Waals surface area contributed by atoms with Crippen molar-refractivity contribution in [1.82, 2.24) is 0 Å². The van der Waals surface area contributed by atoms with Gasteiger partial charge < -0.3 is 10.4 Å². The Morgan fingerprint density at radius 2 is 2.00 bits per heavy atom. The van der Waals surface area contributed by atoms with Crippen LogP contribution in [0.25, 0.3) is 0 Å². The van der Waals surface area contributed by atoms with Gasteiger partial charge in [0, 0.05) is 18.7 Å². The average Bonchev–Trinajstić information content (AvgIpc) is 2.18. The number of hydrogen-bond donors (Lipinski definition) is 0. The molecule has 0 unspecified atom stereocenters. The van der Waals surface area contributed by atoms with Gasteiger partial charge in [0.1, 0.15) is 0 Å². The normalized spacial score (nSPS) is 15.1. The fourth-order valence-corrected chi connectivity index (χ4v) is 1.87. The largest absolute Gasteiger partial charge is 0.412 e. The lowest BCUT2D eigenvalue weighted by molar-refractivity contribution is -0.119. The number of carbonyl (C=O) groups is 1. The molecule has 1 heterocycles. The molecule has 0 radical (unpaired) electrons. The quantitative estimate of drug-likeness (QED) is 0.745. The molecule has 1 saturated heterocycles. The van der Waals surface area contributed by atoms with Crippen LogP contribution in [0.1, 0.15) is 24.8 Å². The molecule has 1 amide bonds. The van der Waals surface area contributed by atoms with Crippen LogP contribution in [-0.4, -0.2) is 17.9 Å². The van der Waals surface area contributed by atoms with E-state index in [1.807, 2.05) is 17.0 Å². The average molecular weight is 244 g/mol. The minimum Gasteiger partial charge on any atom is -0.412 e. The third kappa shape index (κ3) is 3.22. The zero-order valence-corrected chi connectivity index (χ0v) is 10.2. The molecule has 0 spiro atoms. The van der Waals surface area contributed by atoms with Gasteiger partial charge in [0.25, 0.3) is 0 Å². The van der Waals surface area contributed by atoms with E-state index in [0.717, 1.165) is 25.1 Å². The summed E-state index contributed by atoms with van der Waals surface area (Å²) in [6.45, 7) is 2.93. The first-order valence-corrected chi connectivity index (χ1v) is 5.14. The molecule has 2 N–H and O–H groups in total. The molecule has 0 bridgehead atoms. The van der Waals surface area contributed by atoms with Gasteiger partial charge in [-0.1, -0.05) is 12.1 Å². The molecule has 4 heteroatoms. The molecule has 16 heavy (non-hydrogen) atoms. The van der Waals surface area contributed by atoms with E-state index in [4.69, 9.17) is 0 Å². The molecule has 90 valence electrons. The van der Waals surface area contributed by atoms with Crippen molar-refractivity contribution < 1.29 is 10.3 Å². The van der Waals surface area contributed by atoms with Crippen LogP contribution in [-0.2, 0) is 4.79 Å². The van der Waals surface area contributed by atoms with Crippen molar-refractivity contribution in [3.05, 3.63) is 29.8 Å². The molecule has 1 fully saturated rings. The summed E-state index contributed by atoms with van der Waals surface area (Å²) in [7, 11) is 0. The van der Waals surface area contributed by atoms with Crippen LogP contribution in [0.15, 0.2) is 24.3 Å². The number of hydrogen-bond acceptors (Lipinski definition) is 1. The topological polar surface area (TPSA) is 51.8 Å². The second-order valence-corrected chi connectivity index (χ2v) is 3.84. The van der Waals surface area contributed by atoms with Crippen LogP contribution in [0.5, 0.6) is 0 Å². The first-order valence-electron chi connectivity index (χ1n) is 5.14. The zero-order chi connectivity index (χ0) is 9.97. The fourth-order valence-electron chi connectivity index (χ4n) is 1.87. The van der Waals surface area contributed by atoms with E-state index in [9.17, 15) is 4.79 Å². The van der Waals surface area contributed by atoms with E-state index in [2.05, 4.69) is 19.1 Å². The maximum Gasteiger partial charge on any atom is 0.226 e. The maximum atomic E-state index is 11.6. The van der Waals surface area contributed by atoms with E-state index < -0.39 is 0 Å². The van der Waals surface area contributed by atoms with Crippen LogP contribution in [0.4, 0.5) is 5.69 Å². The maximum absolute atomic E-state index is 11.6. The van der Waals surface area contributed by atoms with E-state index >= 15 is 0 Å².